The summed E-state index contributed by atoms with van der Waals surface area (Å²) in [6.45, 7) is 2.31. The Hall–Kier alpha value is -2.70. The van der Waals surface area contributed by atoms with Gasteiger partial charge in [-0.2, -0.15) is 0 Å². The van der Waals surface area contributed by atoms with Crippen LogP contribution in [0.3, 0.4) is 0 Å². The molecule has 3 N–H and O–H groups in total. The summed E-state index contributed by atoms with van der Waals surface area (Å²) in [5, 5.41) is 13.2. The molecule has 0 bridgehead atoms. The molecule has 1 aromatic heterocycles. The number of carbonyl (C=O) groups excluding carboxylic acids is 1. The van der Waals surface area contributed by atoms with Gasteiger partial charge in [0.25, 0.3) is 11.5 Å². The Morgan fingerprint density at radius 1 is 1.27 bits per heavy atom. The van der Waals surface area contributed by atoms with Crippen LogP contribution in [0.2, 0.25) is 0 Å². The van der Waals surface area contributed by atoms with E-state index in [4.69, 9.17) is 9.47 Å². The van der Waals surface area contributed by atoms with Gasteiger partial charge in [0.05, 0.1) is 19.7 Å². The fraction of sp³-hybridized carbons (Fsp3) is 0.333. The Kier molecular flexibility index (Phi) is 4.55. The van der Waals surface area contributed by atoms with Gasteiger partial charge in [0.15, 0.2) is 11.5 Å². The number of benzene rings is 1. The van der Waals surface area contributed by atoms with Crippen molar-refractivity contribution < 1.29 is 19.4 Å². The van der Waals surface area contributed by atoms with E-state index in [2.05, 4.69) is 10.3 Å². The fourth-order valence-electron chi connectivity index (χ4n) is 2.14. The largest absolute Gasteiger partial charge is 0.506 e. The highest BCUT2D eigenvalue weighted by atomic mass is 16.5. The van der Waals surface area contributed by atoms with E-state index in [1.54, 1.807) is 0 Å². The second kappa shape index (κ2) is 6.38. The lowest BCUT2D eigenvalue weighted by Gasteiger charge is -2.12. The lowest BCUT2D eigenvalue weighted by atomic mass is 10.1. The van der Waals surface area contributed by atoms with E-state index < -0.39 is 11.5 Å². The molecule has 0 saturated heterocycles. The first-order valence-corrected chi connectivity index (χ1v) is 6.82. The number of aromatic amines is 1. The van der Waals surface area contributed by atoms with Crippen molar-refractivity contribution >= 4 is 16.8 Å². The summed E-state index contributed by atoms with van der Waals surface area (Å²) in [6.07, 6.45) is 0.725. The molecule has 1 heterocycles. The Morgan fingerprint density at radius 3 is 2.50 bits per heavy atom. The first-order valence-electron chi connectivity index (χ1n) is 6.82. The highest BCUT2D eigenvalue weighted by Gasteiger charge is 2.20. The number of hydrogen-bond acceptors (Lipinski definition) is 5. The fourth-order valence-corrected chi connectivity index (χ4v) is 2.14. The molecule has 2 rings (SSSR count). The molecule has 0 unspecified atom stereocenters. The van der Waals surface area contributed by atoms with Gasteiger partial charge in [-0.05, 0) is 12.5 Å². The molecule has 0 spiro atoms. The number of H-pyrrole nitrogens is 1. The van der Waals surface area contributed by atoms with Crippen molar-refractivity contribution in [3.05, 3.63) is 28.0 Å². The monoisotopic (exact) mass is 306 g/mol. The van der Waals surface area contributed by atoms with Gasteiger partial charge in [-0.25, -0.2) is 0 Å². The molecule has 22 heavy (non-hydrogen) atoms. The van der Waals surface area contributed by atoms with Gasteiger partial charge in [-0.15, -0.1) is 0 Å². The normalized spacial score (nSPS) is 10.5. The van der Waals surface area contributed by atoms with E-state index in [-0.39, 0.29) is 11.3 Å². The molecule has 2 aromatic rings. The third-order valence-corrected chi connectivity index (χ3v) is 3.25. The number of aromatic hydroxyl groups is 1. The number of hydrogen-bond donors (Lipinski definition) is 3. The van der Waals surface area contributed by atoms with Gasteiger partial charge in [0.1, 0.15) is 11.3 Å². The Labute approximate surface area is 126 Å². The Morgan fingerprint density at radius 2 is 1.91 bits per heavy atom. The van der Waals surface area contributed by atoms with Crippen molar-refractivity contribution in [2.45, 2.75) is 13.3 Å². The number of nitrogens with one attached hydrogen (secondary N) is 2. The van der Waals surface area contributed by atoms with E-state index in [0.29, 0.717) is 28.9 Å². The molecule has 0 atom stereocenters. The predicted molar refractivity (Wildman–Crippen MR) is 82.0 cm³/mol. The van der Waals surface area contributed by atoms with Crippen LogP contribution < -0.4 is 20.3 Å². The SMILES string of the molecule is CCCNC(=O)c1c(O)c2cc(OC)c(OC)cc2[nH]c1=O. The van der Waals surface area contributed by atoms with E-state index >= 15 is 0 Å². The quantitative estimate of drug-likeness (QED) is 0.775. The van der Waals surface area contributed by atoms with Gasteiger partial charge < -0.3 is 24.9 Å². The summed E-state index contributed by atoms with van der Waals surface area (Å²) in [6, 6.07) is 3.04. The lowest BCUT2D eigenvalue weighted by molar-refractivity contribution is 0.0949. The zero-order valence-corrected chi connectivity index (χ0v) is 12.6. The van der Waals surface area contributed by atoms with Gasteiger partial charge in [0, 0.05) is 18.0 Å². The molecule has 7 nitrogen and oxygen atoms in total. The minimum atomic E-state index is -0.661. The van der Waals surface area contributed by atoms with Crippen LogP contribution in [-0.2, 0) is 0 Å². The highest BCUT2D eigenvalue weighted by molar-refractivity contribution is 6.02. The zero-order valence-electron chi connectivity index (χ0n) is 12.6. The highest BCUT2D eigenvalue weighted by Crippen LogP contribution is 2.35. The predicted octanol–water partition coefficient (Wildman–Crippen LogP) is 1.39. The van der Waals surface area contributed by atoms with Crippen LogP contribution in [0.25, 0.3) is 10.9 Å². The molecular weight excluding hydrogens is 288 g/mol. The van der Waals surface area contributed by atoms with Crippen LogP contribution in [0.1, 0.15) is 23.7 Å². The first-order chi connectivity index (χ1) is 10.5. The van der Waals surface area contributed by atoms with Crippen LogP contribution in [0.15, 0.2) is 16.9 Å². The van der Waals surface area contributed by atoms with Crippen molar-refractivity contribution in [3.8, 4) is 17.2 Å². The van der Waals surface area contributed by atoms with Crippen molar-refractivity contribution in [2.24, 2.45) is 0 Å². The first kappa shape index (κ1) is 15.7. The average Bonchev–Trinajstić information content (AvgIpc) is 2.51. The number of carbonyl (C=O) groups is 1. The van der Waals surface area contributed by atoms with Crippen LogP contribution in [0.4, 0.5) is 0 Å². The van der Waals surface area contributed by atoms with Crippen molar-refractivity contribution in [1.82, 2.24) is 10.3 Å². The maximum atomic E-state index is 12.1. The maximum Gasteiger partial charge on any atom is 0.265 e. The van der Waals surface area contributed by atoms with E-state index in [1.165, 1.54) is 26.4 Å². The molecule has 1 aromatic carbocycles. The molecule has 0 saturated carbocycles. The maximum absolute atomic E-state index is 12.1. The molecule has 0 fully saturated rings. The van der Waals surface area contributed by atoms with Crippen LogP contribution in [0, 0.1) is 0 Å². The van der Waals surface area contributed by atoms with Gasteiger partial charge in [-0.3, -0.25) is 9.59 Å². The Bertz CT molecular complexity index is 767. The number of amides is 1. The molecule has 1 amide bonds. The third kappa shape index (κ3) is 2.69. The van der Waals surface area contributed by atoms with Crippen LogP contribution in [-0.4, -0.2) is 36.8 Å². The minimum Gasteiger partial charge on any atom is -0.506 e. The molecular formula is C15H18N2O5. The third-order valence-electron chi connectivity index (χ3n) is 3.25. The number of fused-ring (bicyclic) bond motifs is 1. The molecule has 0 aliphatic rings. The average molecular weight is 306 g/mol. The molecule has 0 aliphatic heterocycles. The number of rotatable bonds is 5. The van der Waals surface area contributed by atoms with Gasteiger partial charge >= 0.3 is 0 Å². The lowest BCUT2D eigenvalue weighted by Crippen LogP contribution is -2.30. The second-order valence-corrected chi connectivity index (χ2v) is 4.69. The van der Waals surface area contributed by atoms with E-state index in [0.717, 1.165) is 6.42 Å². The second-order valence-electron chi connectivity index (χ2n) is 4.69. The minimum absolute atomic E-state index is 0.305. The number of methoxy groups -OCH3 is 2. The summed E-state index contributed by atoms with van der Waals surface area (Å²) >= 11 is 0. The summed E-state index contributed by atoms with van der Waals surface area (Å²) in [7, 11) is 2.93. The van der Waals surface area contributed by atoms with Crippen LogP contribution >= 0.6 is 0 Å². The van der Waals surface area contributed by atoms with E-state index in [9.17, 15) is 14.7 Å². The molecule has 118 valence electrons. The summed E-state index contributed by atoms with van der Waals surface area (Å²) in [4.78, 5) is 26.7. The Balaban J connectivity index is 2.66. The van der Waals surface area contributed by atoms with Crippen molar-refractivity contribution in [1.29, 1.82) is 0 Å². The summed E-state index contributed by atoms with van der Waals surface area (Å²) in [5.41, 5.74) is -0.619. The summed E-state index contributed by atoms with van der Waals surface area (Å²) < 4.78 is 10.3. The number of pyridine rings is 1. The van der Waals surface area contributed by atoms with Crippen LogP contribution in [0.5, 0.6) is 17.2 Å². The topological polar surface area (TPSA) is 101 Å². The molecule has 0 radical (unpaired) electrons. The smallest absolute Gasteiger partial charge is 0.265 e. The molecule has 0 aliphatic carbocycles. The van der Waals surface area contributed by atoms with Gasteiger partial charge in [0.2, 0.25) is 0 Å². The van der Waals surface area contributed by atoms with Crippen molar-refractivity contribution in [3.63, 3.8) is 0 Å². The zero-order chi connectivity index (χ0) is 16.3. The number of ether oxygens (including phenoxy) is 2. The van der Waals surface area contributed by atoms with Gasteiger partial charge in [-0.1, -0.05) is 6.92 Å². The summed E-state index contributed by atoms with van der Waals surface area (Å²) in [5.74, 6) is -0.198. The molecule has 7 heteroatoms. The number of aromatic nitrogens is 1. The van der Waals surface area contributed by atoms with Crippen molar-refractivity contribution in [2.75, 3.05) is 20.8 Å². The standard InChI is InChI=1S/C15H18N2O5/c1-4-5-16-14(19)12-13(18)8-6-10(21-2)11(22-3)7-9(8)17-15(12)20/h6-7H,4-5H2,1-3H3,(H,16,19)(H2,17,18,20). The van der Waals surface area contributed by atoms with E-state index in [1.807, 2.05) is 6.92 Å².